The lowest BCUT2D eigenvalue weighted by Crippen LogP contribution is -2.55. The van der Waals surface area contributed by atoms with E-state index in [4.69, 9.17) is 0 Å². The second-order valence-corrected chi connectivity index (χ2v) is 7.52. The van der Waals surface area contributed by atoms with E-state index in [9.17, 15) is 0 Å². The minimum atomic E-state index is 0.267. The zero-order valence-corrected chi connectivity index (χ0v) is 13.4. The molecule has 0 bridgehead atoms. The van der Waals surface area contributed by atoms with E-state index in [-0.39, 0.29) is 5.54 Å². The molecule has 0 aromatic carbocycles. The van der Waals surface area contributed by atoms with Crippen LogP contribution >= 0.6 is 0 Å². The van der Waals surface area contributed by atoms with E-state index >= 15 is 0 Å². The molecule has 2 aliphatic rings. The first-order chi connectivity index (χ1) is 8.96. The maximum atomic E-state index is 3.58. The number of nitrogens with one attached hydrogen (secondary N) is 1. The predicted molar refractivity (Wildman–Crippen MR) is 82.6 cm³/mol. The van der Waals surface area contributed by atoms with E-state index < -0.39 is 0 Å². The smallest absolute Gasteiger partial charge is 0.0224 e. The largest absolute Gasteiger partial charge is 0.312 e. The lowest BCUT2D eigenvalue weighted by Gasteiger charge is -2.42. The molecule has 1 N–H and O–H groups in total. The summed E-state index contributed by atoms with van der Waals surface area (Å²) in [5.41, 5.74) is 0.267. The minimum absolute atomic E-state index is 0.267. The quantitative estimate of drug-likeness (QED) is 0.771. The van der Waals surface area contributed by atoms with Gasteiger partial charge in [-0.3, -0.25) is 9.80 Å². The standard InChI is InChI=1S/C16H33N3/c1-14-12-19-11-7-8-15(19)13-18(14)10-6-5-9-17-16(2,3)4/h14-15,17H,5-13H2,1-4H3. The highest BCUT2D eigenvalue weighted by Crippen LogP contribution is 2.24. The molecule has 2 saturated heterocycles. The maximum Gasteiger partial charge on any atom is 0.0224 e. The van der Waals surface area contributed by atoms with Crippen LogP contribution in [0.25, 0.3) is 0 Å². The van der Waals surface area contributed by atoms with Crippen LogP contribution in [0.3, 0.4) is 0 Å². The predicted octanol–water partition coefficient (Wildman–Crippen LogP) is 2.32. The van der Waals surface area contributed by atoms with Gasteiger partial charge in [0.2, 0.25) is 0 Å². The third-order valence-electron chi connectivity index (χ3n) is 4.59. The molecule has 3 nitrogen and oxygen atoms in total. The van der Waals surface area contributed by atoms with Crippen molar-refractivity contribution in [2.45, 2.75) is 71.0 Å². The SMILES string of the molecule is CC1CN2CCCC2CN1CCCCNC(C)(C)C. The highest BCUT2D eigenvalue weighted by atomic mass is 15.3. The van der Waals surface area contributed by atoms with E-state index in [1.807, 2.05) is 0 Å². The van der Waals surface area contributed by atoms with E-state index in [2.05, 4.69) is 42.8 Å². The Hall–Kier alpha value is -0.120. The van der Waals surface area contributed by atoms with Crippen LogP contribution in [0.2, 0.25) is 0 Å². The molecule has 0 radical (unpaired) electrons. The van der Waals surface area contributed by atoms with Gasteiger partial charge in [-0.2, -0.15) is 0 Å². The monoisotopic (exact) mass is 267 g/mol. The van der Waals surface area contributed by atoms with Gasteiger partial charge in [0, 0.05) is 30.7 Å². The van der Waals surface area contributed by atoms with Gasteiger partial charge in [0.1, 0.15) is 0 Å². The van der Waals surface area contributed by atoms with Gasteiger partial charge in [0.05, 0.1) is 0 Å². The van der Waals surface area contributed by atoms with Crippen LogP contribution in [0.5, 0.6) is 0 Å². The Morgan fingerprint density at radius 1 is 1.16 bits per heavy atom. The van der Waals surface area contributed by atoms with Crippen LogP contribution in [-0.4, -0.2) is 60.1 Å². The molecule has 112 valence electrons. The lowest BCUT2D eigenvalue weighted by atomic mass is 10.1. The van der Waals surface area contributed by atoms with Crippen molar-refractivity contribution in [1.29, 1.82) is 0 Å². The van der Waals surface area contributed by atoms with Gasteiger partial charge in [0.15, 0.2) is 0 Å². The van der Waals surface area contributed by atoms with Crippen molar-refractivity contribution in [2.75, 3.05) is 32.7 Å². The summed E-state index contributed by atoms with van der Waals surface area (Å²) in [5.74, 6) is 0. The summed E-state index contributed by atoms with van der Waals surface area (Å²) >= 11 is 0. The molecule has 2 heterocycles. The number of unbranched alkanes of at least 4 members (excludes halogenated alkanes) is 1. The molecule has 0 aromatic rings. The maximum absolute atomic E-state index is 3.58. The molecule has 0 aromatic heterocycles. The van der Waals surface area contributed by atoms with Crippen molar-refractivity contribution in [3.8, 4) is 0 Å². The van der Waals surface area contributed by atoms with Crippen LogP contribution in [0, 0.1) is 0 Å². The van der Waals surface area contributed by atoms with E-state index in [1.165, 1.54) is 51.9 Å². The second kappa shape index (κ2) is 6.55. The van der Waals surface area contributed by atoms with Gasteiger partial charge in [-0.15, -0.1) is 0 Å². The van der Waals surface area contributed by atoms with Crippen LogP contribution in [0.4, 0.5) is 0 Å². The van der Waals surface area contributed by atoms with Crippen molar-refractivity contribution >= 4 is 0 Å². The van der Waals surface area contributed by atoms with Gasteiger partial charge in [-0.1, -0.05) is 0 Å². The fourth-order valence-electron chi connectivity index (χ4n) is 3.46. The Balaban J connectivity index is 1.63. The fraction of sp³-hybridized carbons (Fsp3) is 1.00. The summed E-state index contributed by atoms with van der Waals surface area (Å²) in [7, 11) is 0. The van der Waals surface area contributed by atoms with Gasteiger partial charge in [0.25, 0.3) is 0 Å². The summed E-state index contributed by atoms with van der Waals surface area (Å²) in [4.78, 5) is 5.44. The molecule has 19 heavy (non-hydrogen) atoms. The van der Waals surface area contributed by atoms with E-state index in [0.717, 1.165) is 18.6 Å². The number of piperazine rings is 1. The van der Waals surface area contributed by atoms with Crippen LogP contribution in [-0.2, 0) is 0 Å². The Bertz CT molecular complexity index is 272. The number of rotatable bonds is 5. The Morgan fingerprint density at radius 3 is 2.68 bits per heavy atom. The van der Waals surface area contributed by atoms with Gasteiger partial charge < -0.3 is 5.32 Å². The molecule has 2 aliphatic heterocycles. The molecular weight excluding hydrogens is 234 g/mol. The summed E-state index contributed by atoms with van der Waals surface area (Å²) in [6.07, 6.45) is 5.48. The second-order valence-electron chi connectivity index (χ2n) is 7.52. The first kappa shape index (κ1) is 15.3. The highest BCUT2D eigenvalue weighted by Gasteiger charge is 2.33. The van der Waals surface area contributed by atoms with Crippen LogP contribution in [0.15, 0.2) is 0 Å². The van der Waals surface area contributed by atoms with Crippen molar-refractivity contribution in [2.24, 2.45) is 0 Å². The third kappa shape index (κ3) is 4.73. The molecule has 0 spiro atoms. The molecule has 2 atom stereocenters. The number of fused-ring (bicyclic) bond motifs is 1. The topological polar surface area (TPSA) is 18.5 Å². The number of hydrogen-bond acceptors (Lipinski definition) is 3. The van der Waals surface area contributed by atoms with Gasteiger partial charge in [-0.25, -0.2) is 0 Å². The molecule has 2 unspecified atom stereocenters. The molecule has 3 heteroatoms. The van der Waals surface area contributed by atoms with Crippen LogP contribution in [0.1, 0.15) is 53.4 Å². The first-order valence-electron chi connectivity index (χ1n) is 8.19. The fourth-order valence-corrected chi connectivity index (χ4v) is 3.46. The number of nitrogens with zero attached hydrogens (tertiary/aromatic N) is 2. The summed E-state index contributed by atoms with van der Waals surface area (Å²) < 4.78 is 0. The van der Waals surface area contributed by atoms with Gasteiger partial charge in [-0.05, 0) is 73.0 Å². The molecule has 0 saturated carbocycles. The molecule has 2 rings (SSSR count). The van der Waals surface area contributed by atoms with Crippen molar-refractivity contribution in [3.05, 3.63) is 0 Å². The van der Waals surface area contributed by atoms with Gasteiger partial charge >= 0.3 is 0 Å². The van der Waals surface area contributed by atoms with Crippen LogP contribution < -0.4 is 5.32 Å². The lowest BCUT2D eigenvalue weighted by molar-refractivity contribution is 0.0584. The zero-order chi connectivity index (χ0) is 13.9. The Kier molecular flexibility index (Phi) is 5.27. The minimum Gasteiger partial charge on any atom is -0.312 e. The molecule has 0 aliphatic carbocycles. The first-order valence-corrected chi connectivity index (χ1v) is 8.19. The van der Waals surface area contributed by atoms with Crippen molar-refractivity contribution in [1.82, 2.24) is 15.1 Å². The van der Waals surface area contributed by atoms with Crippen molar-refractivity contribution < 1.29 is 0 Å². The Morgan fingerprint density at radius 2 is 1.95 bits per heavy atom. The molecule has 0 amide bonds. The molecular formula is C16H33N3. The third-order valence-corrected chi connectivity index (χ3v) is 4.59. The highest BCUT2D eigenvalue weighted by molar-refractivity contribution is 4.90. The summed E-state index contributed by atoms with van der Waals surface area (Å²) in [5, 5.41) is 3.58. The molecule has 2 fully saturated rings. The number of hydrogen-bond donors (Lipinski definition) is 1. The summed E-state index contributed by atoms with van der Waals surface area (Å²) in [6, 6.07) is 1.62. The average Bonchev–Trinajstić information content (AvgIpc) is 2.74. The van der Waals surface area contributed by atoms with E-state index in [0.29, 0.717) is 0 Å². The summed E-state index contributed by atoms with van der Waals surface area (Å²) in [6.45, 7) is 15.5. The Labute approximate surface area is 119 Å². The normalized spacial score (nSPS) is 29.7. The van der Waals surface area contributed by atoms with E-state index in [1.54, 1.807) is 0 Å². The van der Waals surface area contributed by atoms with Crippen molar-refractivity contribution in [3.63, 3.8) is 0 Å². The zero-order valence-electron chi connectivity index (χ0n) is 13.4. The average molecular weight is 267 g/mol.